The maximum absolute atomic E-state index is 13.4. The number of phosphoric acid groups is 2. The van der Waals surface area contributed by atoms with Crippen molar-refractivity contribution < 1.29 is 185 Å². The Labute approximate surface area is 533 Å². The third-order valence-corrected chi connectivity index (χ3v) is 14.8. The monoisotopic (exact) mass is 1290 g/mol. The SMILES string of the molecule is CC(=O)CCC([O-])=NCCCC[C@H](NC(=O)CC[C@H](NC(=O)[C@H](C)NC(=O)C(C)O[C@H]1[C@H](O)[C@@H](CO)O[C@H](OP(=O)(O)OP(=O)(O)OC[C@H]2O[C@@H](n3ccc(=O)[nH]c3=O)[C@H](O)[C@@H]2O)[C@@H]1N=C(C)[O-])C(=O)O)C(=O)N[C@@H](C)C(=O)N[C@@H](C)C(=O)O.[Na+].[Na+]. The normalized spacial score (nSPS) is 24.9. The molecule has 2 fully saturated rings. The molecule has 2 aliphatic rings. The molecule has 41 heteroatoms. The van der Waals surface area contributed by atoms with Crippen LogP contribution in [0.5, 0.6) is 0 Å². The van der Waals surface area contributed by atoms with Gasteiger partial charge in [0.25, 0.3) is 5.56 Å². The molecule has 0 aromatic carbocycles. The molecule has 2 saturated heterocycles. The summed E-state index contributed by atoms with van der Waals surface area (Å²) in [6.07, 6.45) is -17.6. The van der Waals surface area contributed by atoms with Gasteiger partial charge in [0.05, 0.1) is 13.2 Å². The number of carbonyl (C=O) groups is 8. The van der Waals surface area contributed by atoms with Gasteiger partial charge in [-0.2, -0.15) is 4.31 Å². The van der Waals surface area contributed by atoms with Gasteiger partial charge in [-0.1, -0.05) is 0 Å². The second kappa shape index (κ2) is 36.9. The van der Waals surface area contributed by atoms with Gasteiger partial charge in [0.1, 0.15) is 84.8 Å². The summed E-state index contributed by atoms with van der Waals surface area (Å²) in [6.45, 7) is 4.36. The molecule has 0 radical (unpaired) electrons. The number of hydrogen-bond acceptors (Lipinski definition) is 26. The number of nitrogens with zero attached hydrogens (tertiary/aromatic N) is 3. The van der Waals surface area contributed by atoms with Crippen LogP contribution in [0.25, 0.3) is 0 Å². The number of rotatable bonds is 34. The number of aliphatic carboxylic acids is 2. The van der Waals surface area contributed by atoms with Crippen molar-refractivity contribution in [1.82, 2.24) is 36.1 Å². The number of ketones is 1. The molecule has 2 aliphatic heterocycles. The number of unbranched alkanes of at least 4 members (excludes halogenated alkanes) is 1. The summed E-state index contributed by atoms with van der Waals surface area (Å²) < 4.78 is 57.0. The van der Waals surface area contributed by atoms with Crippen LogP contribution in [0.2, 0.25) is 0 Å². The maximum Gasteiger partial charge on any atom is 1.00 e. The average molecular weight is 1290 g/mol. The van der Waals surface area contributed by atoms with Crippen LogP contribution in [-0.4, -0.2) is 214 Å². The number of phosphoric ester groups is 2. The number of carboxylic acid groups (broad SMARTS) is 2. The Kier molecular flexibility index (Phi) is 34.1. The fourth-order valence-electron chi connectivity index (χ4n) is 7.71. The van der Waals surface area contributed by atoms with Crippen LogP contribution in [0, 0.1) is 0 Å². The largest absolute Gasteiger partial charge is 1.00 e. The topological polar surface area (TPSA) is 574 Å². The number of aliphatic hydroxyl groups is 4. The van der Waals surface area contributed by atoms with E-state index in [-0.39, 0.29) is 104 Å². The molecule has 474 valence electrons. The van der Waals surface area contributed by atoms with Crippen LogP contribution in [0.1, 0.15) is 92.7 Å². The molecule has 17 atom stereocenters. The van der Waals surface area contributed by atoms with E-state index in [1.54, 1.807) is 0 Å². The molecular formula is C45H69N9Na2O28P2. The summed E-state index contributed by atoms with van der Waals surface area (Å²) >= 11 is 0. The van der Waals surface area contributed by atoms with Crippen LogP contribution >= 0.6 is 15.6 Å². The Morgan fingerprint density at radius 3 is 1.92 bits per heavy atom. The second-order valence-corrected chi connectivity index (χ2v) is 22.1. The number of ether oxygens (including phenoxy) is 3. The Bertz CT molecular complexity index is 2790. The predicted molar refractivity (Wildman–Crippen MR) is 275 cm³/mol. The van der Waals surface area contributed by atoms with E-state index in [9.17, 15) is 103 Å². The van der Waals surface area contributed by atoms with Crippen LogP contribution in [0.4, 0.5) is 0 Å². The predicted octanol–water partition coefficient (Wildman–Crippen LogP) is -12.9. The molecule has 3 unspecified atom stereocenters. The number of hydrogen-bond donors (Lipinski definition) is 14. The van der Waals surface area contributed by atoms with E-state index in [1.165, 1.54) is 20.8 Å². The fraction of sp³-hybridized carbons (Fsp3) is 0.689. The Hall–Kier alpha value is -4.44. The van der Waals surface area contributed by atoms with Gasteiger partial charge in [0, 0.05) is 31.6 Å². The van der Waals surface area contributed by atoms with E-state index >= 15 is 0 Å². The van der Waals surface area contributed by atoms with Crippen molar-refractivity contribution >= 4 is 74.7 Å². The molecule has 5 amide bonds. The van der Waals surface area contributed by atoms with Gasteiger partial charge < -0.3 is 101 Å². The zero-order chi connectivity index (χ0) is 63.6. The number of amides is 5. The number of Topliss-reactive ketones (excluding diaryl/α,β-unsaturated/α-hetero) is 1. The number of aliphatic imine (C=N–C) groups is 2. The van der Waals surface area contributed by atoms with Gasteiger partial charge in [-0.3, -0.25) is 57.2 Å². The summed E-state index contributed by atoms with van der Waals surface area (Å²) in [5, 5.41) is 96.7. The molecular weight excluding hydrogens is 1220 g/mol. The molecule has 3 heterocycles. The van der Waals surface area contributed by atoms with Gasteiger partial charge >= 0.3 is 92.4 Å². The number of carbonyl (C=O) groups excluding carboxylic acids is 6. The van der Waals surface area contributed by atoms with Gasteiger partial charge in [-0.15, -0.1) is 0 Å². The van der Waals surface area contributed by atoms with Crippen LogP contribution in [0.3, 0.4) is 0 Å². The van der Waals surface area contributed by atoms with Crippen molar-refractivity contribution in [3.63, 3.8) is 0 Å². The zero-order valence-corrected chi connectivity index (χ0v) is 53.7. The van der Waals surface area contributed by atoms with E-state index in [4.69, 9.17) is 23.8 Å². The first-order chi connectivity index (χ1) is 39.1. The van der Waals surface area contributed by atoms with Crippen molar-refractivity contribution in [1.29, 1.82) is 0 Å². The van der Waals surface area contributed by atoms with Crippen LogP contribution < -0.4 is 107 Å². The Morgan fingerprint density at radius 2 is 1.35 bits per heavy atom. The minimum Gasteiger partial charge on any atom is -0.862 e. The smallest absolute Gasteiger partial charge is 0.862 e. The molecule has 0 bridgehead atoms. The van der Waals surface area contributed by atoms with E-state index in [2.05, 4.69) is 45.4 Å². The van der Waals surface area contributed by atoms with E-state index in [1.807, 2.05) is 4.98 Å². The molecule has 0 saturated carbocycles. The van der Waals surface area contributed by atoms with E-state index in [0.29, 0.717) is 4.57 Å². The van der Waals surface area contributed by atoms with Crippen molar-refractivity contribution in [3.05, 3.63) is 33.1 Å². The van der Waals surface area contributed by atoms with Crippen molar-refractivity contribution in [2.45, 2.75) is 178 Å². The van der Waals surface area contributed by atoms with Gasteiger partial charge in [-0.05, 0) is 85.4 Å². The molecule has 1 aromatic rings. The van der Waals surface area contributed by atoms with Crippen LogP contribution in [-0.2, 0) is 75.1 Å². The number of aromatic nitrogens is 2. The number of aliphatic hydroxyl groups excluding tert-OH is 4. The quantitative estimate of drug-likeness (QED) is 0.0100. The standard InChI is InChI=1S/C45H71N9O28P2.2Na/c1-19(56)10-12-29(58)46-15-8-7-9-25(40(67)48-20(2)37(64)49-22(4)42(68)69)51-30(59)13-11-26(43(70)71)52-38(65)21(3)47-39(66)23(5)78-36-32(50-24(6)57)44(80-27(17-55)34(36)62)81-84(75,76)82-83(73,74)77-18-28-33(61)35(63)41(79-28)54-16-14-31(60)53-45(54)72;;/h14,16,20-23,25-28,32-36,41,44,55,61-63H,7-13,15,17-18H2,1-6H3,(H,46,58)(H,47,66)(H,48,67)(H,49,64)(H,50,57)(H,51,59)(H,52,65)(H,68,69)(H,70,71)(H,73,74)(H,75,76)(H,53,60,72);;/q;2*+1/p-2/t20-,21-,22-,23?,25-,26-,27+,28+,32+,33+,34+,35+,36+,41+,44+;;/m0../s1. The first-order valence-corrected chi connectivity index (χ1v) is 28.6. The number of aromatic amines is 1. The average Bonchev–Trinajstić information content (AvgIpc) is 1.95. The number of carboxylic acids is 2. The zero-order valence-electron chi connectivity index (χ0n) is 47.9. The maximum atomic E-state index is 13.4. The summed E-state index contributed by atoms with van der Waals surface area (Å²) in [7, 11) is -11.8. The fourth-order valence-corrected chi connectivity index (χ4v) is 9.86. The van der Waals surface area contributed by atoms with Crippen molar-refractivity contribution in [2.24, 2.45) is 9.98 Å². The van der Waals surface area contributed by atoms with E-state index in [0.717, 1.165) is 33.0 Å². The number of nitrogens with one attached hydrogen (secondary N) is 6. The minimum absolute atomic E-state index is 0. The molecule has 0 aliphatic carbocycles. The summed E-state index contributed by atoms with van der Waals surface area (Å²) in [5.41, 5.74) is -1.90. The minimum atomic E-state index is -5.99. The van der Waals surface area contributed by atoms with Crippen LogP contribution in [0.15, 0.2) is 31.8 Å². The van der Waals surface area contributed by atoms with Gasteiger partial charge in [0.15, 0.2) is 12.5 Å². The molecule has 0 spiro atoms. The molecule has 86 heavy (non-hydrogen) atoms. The van der Waals surface area contributed by atoms with Crippen molar-refractivity contribution in [3.8, 4) is 0 Å². The molecule has 37 nitrogen and oxygen atoms in total. The molecule has 14 N–H and O–H groups in total. The van der Waals surface area contributed by atoms with Crippen molar-refractivity contribution in [2.75, 3.05) is 19.8 Å². The van der Waals surface area contributed by atoms with Gasteiger partial charge in [-0.25, -0.2) is 18.7 Å². The molecule has 3 rings (SSSR count). The Morgan fingerprint density at radius 1 is 0.744 bits per heavy atom. The summed E-state index contributed by atoms with van der Waals surface area (Å²) in [6, 6.07) is -8.65. The first-order valence-electron chi connectivity index (χ1n) is 25.6. The first kappa shape index (κ1) is 79.6. The number of H-pyrrole nitrogens is 1. The second-order valence-electron chi connectivity index (χ2n) is 19.1. The third kappa shape index (κ3) is 25.9. The summed E-state index contributed by atoms with van der Waals surface area (Å²) in [4.78, 5) is 154. The van der Waals surface area contributed by atoms with Gasteiger partial charge in [0.2, 0.25) is 29.5 Å². The Balaban J connectivity index is 0.0000185. The third-order valence-electron chi connectivity index (χ3n) is 12.2. The summed E-state index contributed by atoms with van der Waals surface area (Å²) in [5.74, 6) is -9.91. The van der Waals surface area contributed by atoms with E-state index < -0.39 is 198 Å². The molecule has 1 aromatic heterocycles.